The molecule has 1 aliphatic heterocycles. The van der Waals surface area contributed by atoms with E-state index < -0.39 is 0 Å². The van der Waals surface area contributed by atoms with Gasteiger partial charge in [0.1, 0.15) is 5.82 Å². The van der Waals surface area contributed by atoms with E-state index in [2.05, 4.69) is 12.2 Å². The highest BCUT2D eigenvalue weighted by Gasteiger charge is 2.15. The van der Waals surface area contributed by atoms with Crippen molar-refractivity contribution in [2.24, 2.45) is 0 Å². The lowest BCUT2D eigenvalue weighted by atomic mass is 9.95. The first-order valence-electron chi connectivity index (χ1n) is 4.29. The molecule has 72 valence electrons. The summed E-state index contributed by atoms with van der Waals surface area (Å²) in [5.41, 5.74) is 2.39. The van der Waals surface area contributed by atoms with E-state index in [9.17, 15) is 4.39 Å². The summed E-state index contributed by atoms with van der Waals surface area (Å²) in [5.74, 6) is -0.135. The van der Waals surface area contributed by atoms with Crippen LogP contribution in [0, 0.1) is 5.82 Å². The van der Waals surface area contributed by atoms with E-state index >= 15 is 0 Å². The maximum absolute atomic E-state index is 12.8. The van der Waals surface area contributed by atoms with Gasteiger partial charge in [0.2, 0.25) is 0 Å². The Morgan fingerprint density at radius 1 is 1.46 bits per heavy atom. The summed E-state index contributed by atoms with van der Waals surface area (Å²) < 4.78 is 12.8. The molecule has 1 atom stereocenters. The Morgan fingerprint density at radius 3 is 3.00 bits per heavy atom. The molecule has 1 aliphatic rings. The molecule has 0 amide bonds. The first kappa shape index (κ1) is 10.5. The third kappa shape index (κ3) is 2.01. The third-order valence-electron chi connectivity index (χ3n) is 2.42. The Labute approximate surface area is 83.8 Å². The zero-order valence-electron chi connectivity index (χ0n) is 7.51. The summed E-state index contributed by atoms with van der Waals surface area (Å²) in [6.45, 7) is 3.07. The molecule has 1 aromatic carbocycles. The molecule has 0 fully saturated rings. The van der Waals surface area contributed by atoms with Gasteiger partial charge in [-0.15, -0.1) is 12.4 Å². The fraction of sp³-hybridized carbons (Fsp3) is 0.400. The van der Waals surface area contributed by atoms with Crippen molar-refractivity contribution in [1.82, 2.24) is 5.32 Å². The Hall–Kier alpha value is -0.600. The Bertz CT molecular complexity index is 301. The van der Waals surface area contributed by atoms with Crippen molar-refractivity contribution in [3.63, 3.8) is 0 Å². The summed E-state index contributed by atoms with van der Waals surface area (Å²) in [6.07, 6.45) is 1.01. The molecule has 0 saturated heterocycles. The Morgan fingerprint density at radius 2 is 2.23 bits per heavy atom. The van der Waals surface area contributed by atoms with Gasteiger partial charge in [0.15, 0.2) is 0 Å². The second kappa shape index (κ2) is 4.07. The van der Waals surface area contributed by atoms with Crippen molar-refractivity contribution in [2.45, 2.75) is 19.4 Å². The van der Waals surface area contributed by atoms with Crippen molar-refractivity contribution in [2.75, 3.05) is 6.54 Å². The third-order valence-corrected chi connectivity index (χ3v) is 2.42. The molecule has 0 radical (unpaired) electrons. The number of hydrogen-bond acceptors (Lipinski definition) is 1. The van der Waals surface area contributed by atoms with Gasteiger partial charge in [0.25, 0.3) is 0 Å². The van der Waals surface area contributed by atoms with E-state index in [1.165, 1.54) is 11.6 Å². The lowest BCUT2D eigenvalue weighted by molar-refractivity contribution is 0.532. The lowest BCUT2D eigenvalue weighted by Crippen LogP contribution is -2.27. The molecule has 1 heterocycles. The van der Waals surface area contributed by atoms with Gasteiger partial charge in [-0.25, -0.2) is 4.39 Å². The van der Waals surface area contributed by atoms with Crippen LogP contribution in [-0.4, -0.2) is 6.54 Å². The summed E-state index contributed by atoms with van der Waals surface area (Å²) in [6, 6.07) is 5.36. The van der Waals surface area contributed by atoms with Gasteiger partial charge < -0.3 is 5.32 Å². The van der Waals surface area contributed by atoms with Gasteiger partial charge in [-0.2, -0.15) is 0 Å². The second-order valence-corrected chi connectivity index (χ2v) is 3.27. The number of benzene rings is 1. The number of rotatable bonds is 0. The monoisotopic (exact) mass is 201 g/mol. The van der Waals surface area contributed by atoms with Crippen LogP contribution in [0.3, 0.4) is 0 Å². The zero-order chi connectivity index (χ0) is 8.55. The first-order valence-corrected chi connectivity index (χ1v) is 4.29. The molecule has 1 nitrogen and oxygen atoms in total. The number of halogens is 2. The van der Waals surface area contributed by atoms with E-state index in [-0.39, 0.29) is 18.2 Å². The topological polar surface area (TPSA) is 12.0 Å². The fourth-order valence-electron chi connectivity index (χ4n) is 1.73. The van der Waals surface area contributed by atoms with Crippen LogP contribution in [0.5, 0.6) is 0 Å². The highest BCUT2D eigenvalue weighted by Crippen LogP contribution is 2.22. The molecule has 0 bridgehead atoms. The molecule has 2 rings (SSSR count). The van der Waals surface area contributed by atoms with E-state index in [4.69, 9.17) is 0 Å². The Kier molecular flexibility index (Phi) is 3.28. The molecule has 13 heavy (non-hydrogen) atoms. The summed E-state index contributed by atoms with van der Waals surface area (Å²) in [4.78, 5) is 0. The summed E-state index contributed by atoms with van der Waals surface area (Å²) >= 11 is 0. The predicted octanol–water partition coefficient (Wildman–Crippen LogP) is 2.45. The van der Waals surface area contributed by atoms with Crippen molar-refractivity contribution >= 4 is 12.4 Å². The standard InChI is InChI=1S/C10H12FN.ClH/c1-7-10-6-9(11)3-2-8(10)4-5-12-7;/h2-3,6-7,12H,4-5H2,1H3;1H/t7-;/m0./s1. The predicted molar refractivity (Wildman–Crippen MR) is 53.8 cm³/mol. The number of nitrogens with one attached hydrogen (secondary N) is 1. The average molecular weight is 202 g/mol. The van der Waals surface area contributed by atoms with Crippen LogP contribution in [0.15, 0.2) is 18.2 Å². The summed E-state index contributed by atoms with van der Waals surface area (Å²) in [5, 5.41) is 3.30. The smallest absolute Gasteiger partial charge is 0.123 e. The van der Waals surface area contributed by atoms with Crippen LogP contribution in [0.2, 0.25) is 0 Å². The highest BCUT2D eigenvalue weighted by atomic mass is 35.5. The molecule has 1 aromatic rings. The number of fused-ring (bicyclic) bond motifs is 1. The van der Waals surface area contributed by atoms with Crippen molar-refractivity contribution in [3.05, 3.63) is 35.1 Å². The van der Waals surface area contributed by atoms with Gasteiger partial charge in [0, 0.05) is 6.04 Å². The number of hydrogen-bond donors (Lipinski definition) is 1. The summed E-state index contributed by atoms with van der Waals surface area (Å²) in [7, 11) is 0. The fourth-order valence-corrected chi connectivity index (χ4v) is 1.73. The van der Waals surface area contributed by atoms with Crippen LogP contribution >= 0.6 is 12.4 Å². The largest absolute Gasteiger partial charge is 0.310 e. The van der Waals surface area contributed by atoms with Gasteiger partial charge in [-0.3, -0.25) is 0 Å². The molecule has 1 N–H and O–H groups in total. The molecular formula is C10H13ClFN. The average Bonchev–Trinajstić information content (AvgIpc) is 2.07. The molecule has 0 aromatic heterocycles. The van der Waals surface area contributed by atoms with E-state index in [0.717, 1.165) is 18.5 Å². The quantitative estimate of drug-likeness (QED) is 0.680. The van der Waals surface area contributed by atoms with E-state index in [0.29, 0.717) is 6.04 Å². The minimum Gasteiger partial charge on any atom is -0.310 e. The minimum absolute atomic E-state index is 0. The molecular weight excluding hydrogens is 189 g/mol. The van der Waals surface area contributed by atoms with Crippen molar-refractivity contribution < 1.29 is 4.39 Å². The van der Waals surface area contributed by atoms with E-state index in [1.807, 2.05) is 6.07 Å². The van der Waals surface area contributed by atoms with E-state index in [1.54, 1.807) is 6.07 Å². The molecule has 3 heteroatoms. The van der Waals surface area contributed by atoms with Gasteiger partial charge in [-0.1, -0.05) is 6.07 Å². The lowest BCUT2D eigenvalue weighted by Gasteiger charge is -2.23. The molecule has 0 unspecified atom stereocenters. The molecule has 0 spiro atoms. The van der Waals surface area contributed by atoms with Gasteiger partial charge >= 0.3 is 0 Å². The zero-order valence-corrected chi connectivity index (χ0v) is 8.33. The van der Waals surface area contributed by atoms with Crippen molar-refractivity contribution in [1.29, 1.82) is 0 Å². The molecule has 0 saturated carbocycles. The Balaban J connectivity index is 0.000000845. The van der Waals surface area contributed by atoms with Crippen LogP contribution in [0.4, 0.5) is 4.39 Å². The van der Waals surface area contributed by atoms with Crippen LogP contribution < -0.4 is 5.32 Å². The van der Waals surface area contributed by atoms with Gasteiger partial charge in [-0.05, 0) is 43.1 Å². The normalized spacial score (nSPS) is 20.3. The van der Waals surface area contributed by atoms with Crippen LogP contribution in [0.1, 0.15) is 24.1 Å². The SMILES string of the molecule is C[C@@H]1NCCc2ccc(F)cc21.Cl. The first-order chi connectivity index (χ1) is 5.77. The highest BCUT2D eigenvalue weighted by molar-refractivity contribution is 5.85. The van der Waals surface area contributed by atoms with Gasteiger partial charge in [0.05, 0.1) is 0 Å². The molecule has 0 aliphatic carbocycles. The maximum Gasteiger partial charge on any atom is 0.123 e. The van der Waals surface area contributed by atoms with Crippen molar-refractivity contribution in [3.8, 4) is 0 Å². The van der Waals surface area contributed by atoms with Crippen LogP contribution in [0.25, 0.3) is 0 Å². The van der Waals surface area contributed by atoms with Crippen LogP contribution in [-0.2, 0) is 6.42 Å². The second-order valence-electron chi connectivity index (χ2n) is 3.27. The maximum atomic E-state index is 12.8. The minimum atomic E-state index is -0.135.